The number of ketones is 1. The fourth-order valence-electron chi connectivity index (χ4n) is 1.66. The first-order chi connectivity index (χ1) is 11.5. The second-order valence-corrected chi connectivity index (χ2v) is 4.61. The normalized spacial score (nSPS) is 10.1. The first-order valence-electron chi connectivity index (χ1n) is 8.49. The molecule has 0 aliphatic heterocycles. The molecule has 3 N–H and O–H groups in total. The van der Waals surface area contributed by atoms with Crippen LogP contribution in [0.4, 0.5) is 0 Å². The zero-order valence-corrected chi connectivity index (χ0v) is 16.0. The van der Waals surface area contributed by atoms with Gasteiger partial charge in [0.1, 0.15) is 6.04 Å². The van der Waals surface area contributed by atoms with E-state index in [0.29, 0.717) is 17.7 Å². The number of carbonyl (C=O) groups is 2. The molecule has 0 radical (unpaired) electrons. The molecule has 0 fully saturated rings. The van der Waals surface area contributed by atoms with Gasteiger partial charge in [0, 0.05) is 30.1 Å². The topological polar surface area (TPSA) is 74.0 Å². The average molecular weight is 335 g/mol. The molecule has 0 aromatic carbocycles. The summed E-state index contributed by atoms with van der Waals surface area (Å²) in [5.74, 6) is -0.162. The second-order valence-electron chi connectivity index (χ2n) is 4.61. The van der Waals surface area contributed by atoms with Crippen LogP contribution in [0.15, 0.2) is 42.9 Å². The van der Waals surface area contributed by atoms with Gasteiger partial charge in [-0.2, -0.15) is 0 Å². The van der Waals surface area contributed by atoms with Gasteiger partial charge in [-0.3, -0.25) is 9.59 Å². The van der Waals surface area contributed by atoms with Crippen LogP contribution in [0.1, 0.15) is 59.6 Å². The Labute approximate surface area is 146 Å². The molecule has 1 amide bonds. The van der Waals surface area contributed by atoms with Gasteiger partial charge in [0.15, 0.2) is 5.78 Å². The number of carbonyl (C=O) groups excluding carboxylic acids is 2. The van der Waals surface area contributed by atoms with Gasteiger partial charge in [-0.1, -0.05) is 47.8 Å². The van der Waals surface area contributed by atoms with Gasteiger partial charge in [0.25, 0.3) is 0 Å². The molecule has 5 nitrogen and oxygen atoms in total. The lowest BCUT2D eigenvalue weighted by atomic mass is 10.0. The van der Waals surface area contributed by atoms with Crippen molar-refractivity contribution >= 4 is 11.7 Å². The smallest absolute Gasteiger partial charge is 0.246 e. The molecule has 0 aliphatic carbocycles. The van der Waals surface area contributed by atoms with Crippen LogP contribution in [-0.4, -0.2) is 23.2 Å². The van der Waals surface area contributed by atoms with Crippen LogP contribution in [0.3, 0.4) is 0 Å². The standard InChI is InChI=1S/C15H21N3O2.2C2H6/c1-5-13(19)14(12-6-7-16-9-12)18-11(4)8-17-15(20)10(2)3;2*1-2/h6-7,9,14,16,18H,2,4-5,8H2,1,3H3,(H,17,20);2*1-2H3. The first-order valence-corrected chi connectivity index (χ1v) is 8.49. The molecular formula is C19H33N3O2. The Morgan fingerprint density at radius 3 is 2.21 bits per heavy atom. The van der Waals surface area contributed by atoms with Gasteiger partial charge in [-0.05, 0) is 18.6 Å². The maximum Gasteiger partial charge on any atom is 0.246 e. The van der Waals surface area contributed by atoms with Crippen molar-refractivity contribution < 1.29 is 9.59 Å². The minimum Gasteiger partial charge on any atom is -0.374 e. The number of rotatable bonds is 8. The summed E-state index contributed by atoms with van der Waals surface area (Å²) >= 11 is 0. The Bertz CT molecular complexity index is 505. The molecule has 1 atom stereocenters. The van der Waals surface area contributed by atoms with Crippen molar-refractivity contribution in [3.8, 4) is 0 Å². The average Bonchev–Trinajstić information content (AvgIpc) is 3.14. The predicted molar refractivity (Wildman–Crippen MR) is 102 cm³/mol. The Morgan fingerprint density at radius 1 is 1.21 bits per heavy atom. The maximum atomic E-state index is 12.0. The molecule has 0 saturated heterocycles. The molecule has 136 valence electrons. The molecule has 0 spiro atoms. The summed E-state index contributed by atoms with van der Waals surface area (Å²) in [6.45, 7) is 19.1. The lowest BCUT2D eigenvalue weighted by Gasteiger charge is -2.19. The van der Waals surface area contributed by atoms with Crippen molar-refractivity contribution in [2.24, 2.45) is 0 Å². The number of hydrogen-bond acceptors (Lipinski definition) is 3. The van der Waals surface area contributed by atoms with Gasteiger partial charge in [-0.25, -0.2) is 0 Å². The van der Waals surface area contributed by atoms with E-state index in [2.05, 4.69) is 28.8 Å². The van der Waals surface area contributed by atoms with E-state index in [1.54, 1.807) is 19.3 Å². The molecule has 0 saturated carbocycles. The van der Waals surface area contributed by atoms with Crippen LogP contribution in [0.25, 0.3) is 0 Å². The van der Waals surface area contributed by atoms with Crippen LogP contribution >= 0.6 is 0 Å². The lowest BCUT2D eigenvalue weighted by molar-refractivity contribution is -0.120. The molecule has 1 heterocycles. The van der Waals surface area contributed by atoms with E-state index in [1.807, 2.05) is 40.7 Å². The van der Waals surface area contributed by atoms with Crippen LogP contribution in [0.2, 0.25) is 0 Å². The molecule has 5 heteroatoms. The monoisotopic (exact) mass is 335 g/mol. The van der Waals surface area contributed by atoms with Gasteiger partial charge in [0.05, 0.1) is 6.54 Å². The van der Waals surface area contributed by atoms with Crippen LogP contribution in [-0.2, 0) is 9.59 Å². The molecule has 1 rings (SSSR count). The molecule has 1 unspecified atom stereocenters. The van der Waals surface area contributed by atoms with Crippen molar-refractivity contribution in [2.45, 2.75) is 54.0 Å². The summed E-state index contributed by atoms with van der Waals surface area (Å²) in [6, 6.07) is 1.39. The van der Waals surface area contributed by atoms with Crippen LogP contribution < -0.4 is 10.6 Å². The zero-order valence-electron chi connectivity index (χ0n) is 16.0. The Balaban J connectivity index is 0. The number of H-pyrrole nitrogens is 1. The molecular weight excluding hydrogens is 302 g/mol. The van der Waals surface area contributed by atoms with E-state index in [9.17, 15) is 9.59 Å². The van der Waals surface area contributed by atoms with Crippen LogP contribution in [0, 0.1) is 0 Å². The summed E-state index contributed by atoms with van der Waals surface area (Å²) in [5, 5.41) is 5.73. The zero-order chi connectivity index (χ0) is 19.1. The number of Topliss-reactive ketones (excluding diaryl/α,β-unsaturated/α-hetero) is 1. The minimum absolute atomic E-state index is 0.0666. The second kappa shape index (κ2) is 14.3. The third-order valence-electron chi connectivity index (χ3n) is 2.82. The first kappa shape index (κ1) is 24.0. The van der Waals surface area contributed by atoms with Crippen molar-refractivity contribution in [3.05, 3.63) is 48.5 Å². The molecule has 1 aromatic heterocycles. The highest BCUT2D eigenvalue weighted by molar-refractivity contribution is 5.92. The van der Waals surface area contributed by atoms with Crippen molar-refractivity contribution in [1.82, 2.24) is 15.6 Å². The molecule has 24 heavy (non-hydrogen) atoms. The summed E-state index contributed by atoms with van der Waals surface area (Å²) in [5.41, 5.74) is 1.86. The highest BCUT2D eigenvalue weighted by Gasteiger charge is 2.19. The SMILES string of the molecule is C=C(CNC(=O)C(=C)C)NC(C(=O)CC)c1cc[nH]c1.CC.CC. The summed E-state index contributed by atoms with van der Waals surface area (Å²) in [7, 11) is 0. The van der Waals surface area contributed by atoms with E-state index >= 15 is 0 Å². The summed E-state index contributed by atoms with van der Waals surface area (Å²) < 4.78 is 0. The van der Waals surface area contributed by atoms with E-state index in [1.165, 1.54) is 0 Å². The van der Waals surface area contributed by atoms with Gasteiger partial charge < -0.3 is 15.6 Å². The summed E-state index contributed by atoms with van der Waals surface area (Å²) in [6.07, 6.45) is 3.96. The summed E-state index contributed by atoms with van der Waals surface area (Å²) in [4.78, 5) is 26.3. The fraction of sp³-hybridized carbons (Fsp3) is 0.474. The molecule has 0 bridgehead atoms. The third-order valence-corrected chi connectivity index (χ3v) is 2.82. The fourth-order valence-corrected chi connectivity index (χ4v) is 1.66. The number of amides is 1. The molecule has 1 aromatic rings. The van der Waals surface area contributed by atoms with Gasteiger partial charge in [0.2, 0.25) is 5.91 Å². The highest BCUT2D eigenvalue weighted by atomic mass is 16.1. The lowest BCUT2D eigenvalue weighted by Crippen LogP contribution is -2.34. The van der Waals surface area contributed by atoms with Crippen LogP contribution in [0.5, 0.6) is 0 Å². The number of hydrogen-bond donors (Lipinski definition) is 3. The van der Waals surface area contributed by atoms with Crippen molar-refractivity contribution in [1.29, 1.82) is 0 Å². The Hall–Kier alpha value is -2.30. The van der Waals surface area contributed by atoms with E-state index in [0.717, 1.165) is 5.56 Å². The van der Waals surface area contributed by atoms with Gasteiger partial charge >= 0.3 is 0 Å². The predicted octanol–water partition coefficient (Wildman–Crippen LogP) is 3.88. The van der Waals surface area contributed by atoms with E-state index < -0.39 is 6.04 Å². The maximum absolute atomic E-state index is 12.0. The number of aromatic nitrogens is 1. The highest BCUT2D eigenvalue weighted by Crippen LogP contribution is 2.16. The largest absolute Gasteiger partial charge is 0.374 e. The Kier molecular flexibility index (Phi) is 14.3. The quantitative estimate of drug-likeness (QED) is 0.631. The molecule has 0 aliphatic rings. The van der Waals surface area contributed by atoms with Crippen molar-refractivity contribution in [3.63, 3.8) is 0 Å². The third kappa shape index (κ3) is 8.98. The minimum atomic E-state index is -0.444. The van der Waals surface area contributed by atoms with E-state index in [4.69, 9.17) is 0 Å². The Morgan fingerprint density at radius 2 is 1.79 bits per heavy atom. The number of nitrogens with one attached hydrogen (secondary N) is 3. The van der Waals surface area contributed by atoms with Gasteiger partial charge in [-0.15, -0.1) is 0 Å². The van der Waals surface area contributed by atoms with E-state index in [-0.39, 0.29) is 18.2 Å². The van der Waals surface area contributed by atoms with Crippen molar-refractivity contribution in [2.75, 3.05) is 6.54 Å². The number of aromatic amines is 1.